The molecule has 0 bridgehead atoms. The molecule has 0 amide bonds. The van der Waals surface area contributed by atoms with E-state index in [2.05, 4.69) is 15.0 Å². The zero-order valence-corrected chi connectivity index (χ0v) is 9.07. The molecule has 2 aromatic rings. The Labute approximate surface area is 93.2 Å². The Morgan fingerprint density at radius 3 is 2.60 bits per heavy atom. The fourth-order valence-corrected chi connectivity index (χ4v) is 1.53. The molecule has 2 heterocycles. The zero-order valence-electron chi connectivity index (χ0n) is 8.31. The minimum Gasteiger partial charge on any atom is -0.265 e. The highest BCUT2D eigenvalue weighted by atomic mass is 35.5. The molecule has 0 N–H and O–H groups in total. The number of halogens is 1. The molecule has 0 radical (unpaired) electrons. The Balaban J connectivity index is 2.43. The van der Waals surface area contributed by atoms with Crippen molar-refractivity contribution >= 4 is 11.6 Å². The number of aromatic nitrogens is 3. The number of hydrogen-bond acceptors (Lipinski definition) is 3. The van der Waals surface area contributed by atoms with Gasteiger partial charge in [-0.05, 0) is 18.6 Å². The quantitative estimate of drug-likeness (QED) is 0.729. The Hall–Kier alpha value is -1.48. The molecule has 0 aromatic carbocycles. The average molecular weight is 220 g/mol. The summed E-state index contributed by atoms with van der Waals surface area (Å²) in [5.41, 5.74) is 1.89. The van der Waals surface area contributed by atoms with Gasteiger partial charge < -0.3 is 0 Å². The fraction of sp³-hybridized carbons (Fsp3) is 0.182. The second-order valence-corrected chi connectivity index (χ2v) is 3.46. The Kier molecular flexibility index (Phi) is 2.92. The van der Waals surface area contributed by atoms with Crippen LogP contribution in [0.1, 0.15) is 12.5 Å². The highest BCUT2D eigenvalue weighted by Crippen LogP contribution is 2.18. The molecule has 4 heteroatoms. The molecule has 0 spiro atoms. The second-order valence-electron chi connectivity index (χ2n) is 3.10. The fourth-order valence-electron chi connectivity index (χ4n) is 1.26. The summed E-state index contributed by atoms with van der Waals surface area (Å²) in [5.74, 6) is 0.639. The van der Waals surface area contributed by atoms with E-state index in [0.717, 1.165) is 17.5 Å². The molecule has 2 rings (SSSR count). The van der Waals surface area contributed by atoms with Crippen LogP contribution in [-0.4, -0.2) is 15.0 Å². The monoisotopic (exact) mass is 219 g/mol. The lowest BCUT2D eigenvalue weighted by Gasteiger charge is -2.02. The first-order chi connectivity index (χ1) is 7.31. The van der Waals surface area contributed by atoms with Crippen LogP contribution in [0.15, 0.2) is 30.7 Å². The minimum atomic E-state index is 0.527. The SMILES string of the molecule is CCc1cnc(-c2ccncc2)nc1Cl. The summed E-state index contributed by atoms with van der Waals surface area (Å²) < 4.78 is 0. The van der Waals surface area contributed by atoms with Crippen molar-refractivity contribution in [3.8, 4) is 11.4 Å². The van der Waals surface area contributed by atoms with Gasteiger partial charge in [0, 0.05) is 29.7 Å². The van der Waals surface area contributed by atoms with Crippen LogP contribution in [0.25, 0.3) is 11.4 Å². The maximum atomic E-state index is 6.01. The van der Waals surface area contributed by atoms with Gasteiger partial charge >= 0.3 is 0 Å². The Bertz CT molecular complexity index is 457. The van der Waals surface area contributed by atoms with Gasteiger partial charge in [-0.3, -0.25) is 4.98 Å². The maximum Gasteiger partial charge on any atom is 0.160 e. The smallest absolute Gasteiger partial charge is 0.160 e. The predicted molar refractivity (Wildman–Crippen MR) is 59.7 cm³/mol. The lowest BCUT2D eigenvalue weighted by atomic mass is 10.2. The van der Waals surface area contributed by atoms with Crippen molar-refractivity contribution in [2.75, 3.05) is 0 Å². The van der Waals surface area contributed by atoms with Crippen LogP contribution in [0.4, 0.5) is 0 Å². The Morgan fingerprint density at radius 2 is 2.00 bits per heavy atom. The number of pyridine rings is 1. The van der Waals surface area contributed by atoms with E-state index in [1.165, 1.54) is 0 Å². The summed E-state index contributed by atoms with van der Waals surface area (Å²) >= 11 is 6.01. The van der Waals surface area contributed by atoms with Crippen molar-refractivity contribution in [3.05, 3.63) is 41.4 Å². The van der Waals surface area contributed by atoms with E-state index in [-0.39, 0.29) is 0 Å². The van der Waals surface area contributed by atoms with E-state index in [1.54, 1.807) is 18.6 Å². The molecule has 76 valence electrons. The van der Waals surface area contributed by atoms with Crippen LogP contribution >= 0.6 is 11.6 Å². The molecule has 0 atom stereocenters. The summed E-state index contributed by atoms with van der Waals surface area (Å²) in [7, 11) is 0. The number of hydrogen-bond donors (Lipinski definition) is 0. The van der Waals surface area contributed by atoms with Crippen molar-refractivity contribution in [1.82, 2.24) is 15.0 Å². The molecule has 0 aliphatic rings. The van der Waals surface area contributed by atoms with E-state index in [9.17, 15) is 0 Å². The summed E-state index contributed by atoms with van der Waals surface area (Å²) in [6.07, 6.45) is 6.03. The topological polar surface area (TPSA) is 38.7 Å². The van der Waals surface area contributed by atoms with Gasteiger partial charge in [-0.25, -0.2) is 9.97 Å². The van der Waals surface area contributed by atoms with Crippen molar-refractivity contribution in [1.29, 1.82) is 0 Å². The molecule has 0 saturated heterocycles. The van der Waals surface area contributed by atoms with Crippen LogP contribution in [0.2, 0.25) is 5.15 Å². The standard InChI is InChI=1S/C11H10ClN3/c1-2-8-7-14-11(15-10(8)12)9-3-5-13-6-4-9/h3-7H,2H2,1H3. The van der Waals surface area contributed by atoms with Crippen LogP contribution < -0.4 is 0 Å². The normalized spacial score (nSPS) is 10.3. The number of nitrogens with zero attached hydrogens (tertiary/aromatic N) is 3. The van der Waals surface area contributed by atoms with Crippen LogP contribution in [0.3, 0.4) is 0 Å². The highest BCUT2D eigenvalue weighted by molar-refractivity contribution is 6.30. The number of aryl methyl sites for hydroxylation is 1. The van der Waals surface area contributed by atoms with Crippen molar-refractivity contribution in [2.24, 2.45) is 0 Å². The van der Waals surface area contributed by atoms with Crippen molar-refractivity contribution in [2.45, 2.75) is 13.3 Å². The van der Waals surface area contributed by atoms with Crippen LogP contribution in [0.5, 0.6) is 0 Å². The minimum absolute atomic E-state index is 0.527. The molecule has 0 aliphatic carbocycles. The third-order valence-corrected chi connectivity index (χ3v) is 2.46. The molecule has 3 nitrogen and oxygen atoms in total. The molecule has 15 heavy (non-hydrogen) atoms. The third-order valence-electron chi connectivity index (χ3n) is 2.13. The van der Waals surface area contributed by atoms with E-state index in [1.807, 2.05) is 19.1 Å². The first-order valence-corrected chi connectivity index (χ1v) is 5.11. The molecule has 0 unspecified atom stereocenters. The van der Waals surface area contributed by atoms with Gasteiger partial charge in [0.15, 0.2) is 5.82 Å². The lowest BCUT2D eigenvalue weighted by molar-refractivity contribution is 1.05. The van der Waals surface area contributed by atoms with E-state index in [4.69, 9.17) is 11.6 Å². The van der Waals surface area contributed by atoms with E-state index in [0.29, 0.717) is 11.0 Å². The zero-order chi connectivity index (χ0) is 10.7. The molecule has 0 aliphatic heterocycles. The van der Waals surface area contributed by atoms with Gasteiger partial charge in [-0.15, -0.1) is 0 Å². The maximum absolute atomic E-state index is 6.01. The van der Waals surface area contributed by atoms with Crippen molar-refractivity contribution in [3.63, 3.8) is 0 Å². The molecular formula is C11H10ClN3. The highest BCUT2D eigenvalue weighted by Gasteiger charge is 2.04. The molecule has 0 fully saturated rings. The Morgan fingerprint density at radius 1 is 1.27 bits per heavy atom. The average Bonchev–Trinajstić information content (AvgIpc) is 2.30. The predicted octanol–water partition coefficient (Wildman–Crippen LogP) is 2.75. The van der Waals surface area contributed by atoms with Crippen LogP contribution in [0, 0.1) is 0 Å². The summed E-state index contributed by atoms with van der Waals surface area (Å²) in [6.45, 7) is 2.02. The largest absolute Gasteiger partial charge is 0.265 e. The third kappa shape index (κ3) is 2.13. The van der Waals surface area contributed by atoms with Gasteiger partial charge in [0.1, 0.15) is 5.15 Å². The van der Waals surface area contributed by atoms with Gasteiger partial charge in [-0.1, -0.05) is 18.5 Å². The van der Waals surface area contributed by atoms with Gasteiger partial charge in [0.25, 0.3) is 0 Å². The van der Waals surface area contributed by atoms with Gasteiger partial charge in [0.05, 0.1) is 0 Å². The van der Waals surface area contributed by atoms with Crippen LogP contribution in [-0.2, 0) is 6.42 Å². The van der Waals surface area contributed by atoms with E-state index >= 15 is 0 Å². The lowest BCUT2D eigenvalue weighted by Crippen LogP contribution is -1.93. The summed E-state index contributed by atoms with van der Waals surface area (Å²) in [6, 6.07) is 3.72. The molecular weight excluding hydrogens is 210 g/mol. The second kappa shape index (κ2) is 4.36. The number of rotatable bonds is 2. The molecule has 0 saturated carbocycles. The molecule has 2 aromatic heterocycles. The van der Waals surface area contributed by atoms with Crippen molar-refractivity contribution < 1.29 is 0 Å². The van der Waals surface area contributed by atoms with Gasteiger partial charge in [-0.2, -0.15) is 0 Å². The summed E-state index contributed by atoms with van der Waals surface area (Å²) in [4.78, 5) is 12.4. The first-order valence-electron chi connectivity index (χ1n) is 4.73. The van der Waals surface area contributed by atoms with Gasteiger partial charge in [0.2, 0.25) is 0 Å². The van der Waals surface area contributed by atoms with E-state index < -0.39 is 0 Å². The first kappa shape index (κ1) is 10.1. The summed E-state index contributed by atoms with van der Waals surface area (Å²) in [5, 5.41) is 0.527.